The van der Waals surface area contributed by atoms with Gasteiger partial charge in [-0.3, -0.25) is 10.1 Å². The summed E-state index contributed by atoms with van der Waals surface area (Å²) in [5.74, 6) is 1.67. The van der Waals surface area contributed by atoms with Crippen molar-refractivity contribution >= 4 is 11.5 Å². The fourth-order valence-electron chi connectivity index (χ4n) is 3.02. The Labute approximate surface area is 124 Å². The zero-order valence-corrected chi connectivity index (χ0v) is 12.4. The topological polar surface area (TPSA) is 71.3 Å². The maximum absolute atomic E-state index is 10.8. The van der Waals surface area contributed by atoms with E-state index >= 15 is 0 Å². The minimum atomic E-state index is -0.381. The van der Waals surface area contributed by atoms with Crippen LogP contribution in [0.3, 0.4) is 0 Å². The standard InChI is InChI=1S/C15H22N4O2/c1-11-7-14(19(20)21)8-17-15(11)18(9-12-4-5-12)10-13-3-2-6-16-13/h7-8,12-13,16H,2-6,9-10H2,1H3. The molecule has 1 N–H and O–H groups in total. The Hall–Kier alpha value is -1.69. The molecule has 114 valence electrons. The van der Waals surface area contributed by atoms with Gasteiger partial charge < -0.3 is 10.2 Å². The van der Waals surface area contributed by atoms with E-state index in [4.69, 9.17) is 0 Å². The molecule has 1 aliphatic heterocycles. The second-order valence-corrected chi connectivity index (χ2v) is 6.23. The molecule has 0 radical (unpaired) electrons. The van der Waals surface area contributed by atoms with E-state index in [-0.39, 0.29) is 10.6 Å². The Morgan fingerprint density at radius 2 is 2.24 bits per heavy atom. The van der Waals surface area contributed by atoms with E-state index in [0.717, 1.165) is 36.9 Å². The van der Waals surface area contributed by atoms with Crippen LogP contribution in [-0.4, -0.2) is 35.6 Å². The highest BCUT2D eigenvalue weighted by Gasteiger charge is 2.28. The van der Waals surface area contributed by atoms with E-state index in [9.17, 15) is 10.1 Å². The third kappa shape index (κ3) is 3.50. The van der Waals surface area contributed by atoms with Gasteiger partial charge in [0.05, 0.1) is 4.92 Å². The fourth-order valence-corrected chi connectivity index (χ4v) is 3.02. The molecule has 0 spiro atoms. The lowest BCUT2D eigenvalue weighted by Gasteiger charge is -2.28. The number of hydrogen-bond acceptors (Lipinski definition) is 5. The van der Waals surface area contributed by atoms with E-state index in [1.807, 2.05) is 6.92 Å². The fraction of sp³-hybridized carbons (Fsp3) is 0.667. The molecule has 21 heavy (non-hydrogen) atoms. The lowest BCUT2D eigenvalue weighted by atomic mass is 10.2. The summed E-state index contributed by atoms with van der Waals surface area (Å²) in [5.41, 5.74) is 0.962. The van der Waals surface area contributed by atoms with Crippen LogP contribution in [0.15, 0.2) is 12.3 Å². The highest BCUT2D eigenvalue weighted by Crippen LogP contribution is 2.32. The van der Waals surface area contributed by atoms with E-state index in [1.54, 1.807) is 6.07 Å². The number of hydrogen-bond donors (Lipinski definition) is 1. The number of nitro groups is 1. The second-order valence-electron chi connectivity index (χ2n) is 6.23. The molecule has 1 aromatic heterocycles. The Balaban J connectivity index is 1.78. The summed E-state index contributed by atoms with van der Waals surface area (Å²) in [7, 11) is 0. The van der Waals surface area contributed by atoms with Crippen molar-refractivity contribution in [2.24, 2.45) is 5.92 Å². The van der Waals surface area contributed by atoms with Crippen molar-refractivity contribution in [1.29, 1.82) is 0 Å². The quantitative estimate of drug-likeness (QED) is 0.643. The van der Waals surface area contributed by atoms with E-state index in [1.165, 1.54) is 31.9 Å². The zero-order chi connectivity index (χ0) is 14.8. The van der Waals surface area contributed by atoms with Gasteiger partial charge in [0.2, 0.25) is 0 Å². The van der Waals surface area contributed by atoms with Gasteiger partial charge in [-0.1, -0.05) is 0 Å². The molecule has 1 unspecified atom stereocenters. The predicted molar refractivity (Wildman–Crippen MR) is 81.6 cm³/mol. The molecule has 1 aromatic rings. The summed E-state index contributed by atoms with van der Waals surface area (Å²) in [6.07, 6.45) is 6.40. The van der Waals surface area contributed by atoms with Crippen LogP contribution in [0.5, 0.6) is 0 Å². The number of nitrogens with zero attached hydrogens (tertiary/aromatic N) is 3. The molecule has 0 aromatic carbocycles. The predicted octanol–water partition coefficient (Wildman–Crippen LogP) is 2.27. The number of aryl methyl sites for hydroxylation is 1. The van der Waals surface area contributed by atoms with Gasteiger partial charge in [-0.05, 0) is 50.6 Å². The Morgan fingerprint density at radius 3 is 2.81 bits per heavy atom. The van der Waals surface area contributed by atoms with Crippen molar-refractivity contribution in [2.75, 3.05) is 24.5 Å². The summed E-state index contributed by atoms with van der Waals surface area (Å²) in [4.78, 5) is 17.2. The van der Waals surface area contributed by atoms with Crippen LogP contribution in [0, 0.1) is 23.0 Å². The van der Waals surface area contributed by atoms with Crippen molar-refractivity contribution in [3.05, 3.63) is 27.9 Å². The highest BCUT2D eigenvalue weighted by molar-refractivity contribution is 5.50. The highest BCUT2D eigenvalue weighted by atomic mass is 16.6. The molecule has 0 amide bonds. The number of pyridine rings is 1. The van der Waals surface area contributed by atoms with Crippen LogP contribution in [0.1, 0.15) is 31.2 Å². The minimum absolute atomic E-state index is 0.0709. The van der Waals surface area contributed by atoms with E-state index in [0.29, 0.717) is 6.04 Å². The van der Waals surface area contributed by atoms with Gasteiger partial charge in [-0.25, -0.2) is 4.98 Å². The summed E-state index contributed by atoms with van der Waals surface area (Å²) < 4.78 is 0. The summed E-state index contributed by atoms with van der Waals surface area (Å²) in [6.45, 7) is 4.97. The summed E-state index contributed by atoms with van der Waals surface area (Å²) in [5, 5.41) is 14.4. The molecule has 2 heterocycles. The first kappa shape index (κ1) is 14.3. The van der Waals surface area contributed by atoms with Crippen LogP contribution < -0.4 is 10.2 Å². The van der Waals surface area contributed by atoms with Crippen LogP contribution in [0.4, 0.5) is 11.5 Å². The summed E-state index contributed by atoms with van der Waals surface area (Å²) >= 11 is 0. The summed E-state index contributed by atoms with van der Waals surface area (Å²) in [6, 6.07) is 2.14. The Kier molecular flexibility index (Phi) is 4.05. The van der Waals surface area contributed by atoms with Crippen molar-refractivity contribution in [3.8, 4) is 0 Å². The van der Waals surface area contributed by atoms with Gasteiger partial charge in [0.25, 0.3) is 5.69 Å². The number of aromatic nitrogens is 1. The first-order valence-electron chi connectivity index (χ1n) is 7.73. The van der Waals surface area contributed by atoms with Crippen LogP contribution in [-0.2, 0) is 0 Å². The lowest BCUT2D eigenvalue weighted by molar-refractivity contribution is -0.385. The van der Waals surface area contributed by atoms with Gasteiger partial charge in [0.1, 0.15) is 12.0 Å². The van der Waals surface area contributed by atoms with Gasteiger partial charge in [0.15, 0.2) is 0 Å². The zero-order valence-electron chi connectivity index (χ0n) is 12.4. The maximum Gasteiger partial charge on any atom is 0.287 e. The maximum atomic E-state index is 10.8. The SMILES string of the molecule is Cc1cc([N+](=O)[O-])cnc1N(CC1CC1)CC1CCCN1. The third-order valence-electron chi connectivity index (χ3n) is 4.33. The molecule has 2 fully saturated rings. The molecular weight excluding hydrogens is 268 g/mol. The molecule has 1 aliphatic carbocycles. The average Bonchev–Trinajstić information content (AvgIpc) is 3.11. The number of anilines is 1. The van der Waals surface area contributed by atoms with Gasteiger partial charge in [0, 0.05) is 25.2 Å². The first-order valence-corrected chi connectivity index (χ1v) is 7.73. The van der Waals surface area contributed by atoms with Gasteiger partial charge in [-0.2, -0.15) is 0 Å². The smallest absolute Gasteiger partial charge is 0.287 e. The molecule has 6 nitrogen and oxygen atoms in total. The van der Waals surface area contributed by atoms with Crippen molar-refractivity contribution in [2.45, 2.75) is 38.6 Å². The largest absolute Gasteiger partial charge is 0.355 e. The van der Waals surface area contributed by atoms with E-state index in [2.05, 4.69) is 15.2 Å². The molecular formula is C15H22N4O2. The van der Waals surface area contributed by atoms with Crippen molar-refractivity contribution in [3.63, 3.8) is 0 Å². The Morgan fingerprint density at radius 1 is 1.43 bits per heavy atom. The lowest BCUT2D eigenvalue weighted by Crippen LogP contribution is -2.39. The molecule has 3 rings (SSSR count). The van der Waals surface area contributed by atoms with Crippen LogP contribution >= 0.6 is 0 Å². The number of nitrogens with one attached hydrogen (secondary N) is 1. The van der Waals surface area contributed by atoms with Crippen LogP contribution in [0.2, 0.25) is 0 Å². The molecule has 1 saturated carbocycles. The second kappa shape index (κ2) is 5.97. The Bertz CT molecular complexity index is 524. The first-order chi connectivity index (χ1) is 10.1. The van der Waals surface area contributed by atoms with Gasteiger partial charge in [-0.15, -0.1) is 0 Å². The van der Waals surface area contributed by atoms with Crippen molar-refractivity contribution < 1.29 is 4.92 Å². The monoisotopic (exact) mass is 290 g/mol. The number of rotatable bonds is 6. The molecule has 1 atom stereocenters. The van der Waals surface area contributed by atoms with Crippen LogP contribution in [0.25, 0.3) is 0 Å². The third-order valence-corrected chi connectivity index (χ3v) is 4.33. The normalized spacial score (nSPS) is 21.5. The molecule has 0 bridgehead atoms. The average molecular weight is 290 g/mol. The van der Waals surface area contributed by atoms with Crippen molar-refractivity contribution in [1.82, 2.24) is 10.3 Å². The van der Waals surface area contributed by atoms with E-state index < -0.39 is 0 Å². The minimum Gasteiger partial charge on any atom is -0.355 e. The molecule has 6 heteroatoms. The molecule has 1 saturated heterocycles. The van der Waals surface area contributed by atoms with Gasteiger partial charge >= 0.3 is 0 Å². The molecule has 2 aliphatic rings.